The first-order valence-corrected chi connectivity index (χ1v) is 5.34. The molecule has 0 unspecified atom stereocenters. The van der Waals surface area contributed by atoms with Crippen molar-refractivity contribution in [3.05, 3.63) is 48.6 Å². The van der Waals surface area contributed by atoms with Crippen molar-refractivity contribution in [1.29, 1.82) is 0 Å². The Labute approximate surface area is 128 Å². The molecule has 0 aliphatic rings. The molecule has 0 bridgehead atoms. The van der Waals surface area contributed by atoms with Gasteiger partial charge in [-0.25, -0.2) is 0 Å². The average Bonchev–Trinajstić information content (AvgIpc) is 2.32. The molecule has 0 aromatic carbocycles. The topological polar surface area (TPSA) is 51.2 Å². The number of allylic oxidation sites excluding steroid dienone is 8. The fourth-order valence-electron chi connectivity index (χ4n) is 0.604. The monoisotopic (exact) mass is 350 g/mol. The molecule has 106 valence electrons. The molecule has 2 radical (unpaired) electrons. The summed E-state index contributed by atoms with van der Waals surface area (Å²) in [6, 6.07) is 0. The quantitative estimate of drug-likeness (QED) is 0.445. The van der Waals surface area contributed by atoms with Crippen LogP contribution >= 0.6 is 0 Å². The van der Waals surface area contributed by atoms with Crippen molar-refractivity contribution in [3.8, 4) is 0 Å². The first-order valence-electron chi connectivity index (χ1n) is 5.34. The normalized spacial score (nSPS) is 9.68. The number of carbonyl (C=O) groups is 2. The summed E-state index contributed by atoms with van der Waals surface area (Å²) in [4.78, 5) is 27.9. The maximum Gasteiger partial charge on any atom is 0.281 e. The first kappa shape index (κ1) is 26.2. The van der Waals surface area contributed by atoms with Crippen LogP contribution in [-0.2, 0) is 33.9 Å². The van der Waals surface area contributed by atoms with Gasteiger partial charge in [0.2, 0.25) is 0 Å². The van der Waals surface area contributed by atoms with Crippen molar-refractivity contribution in [2.24, 2.45) is 0 Å². The Balaban J connectivity index is -0.0000000999. The van der Waals surface area contributed by atoms with Crippen molar-refractivity contribution < 1.29 is 33.9 Å². The smallest absolute Gasteiger partial charge is 0.281 e. The summed E-state index contributed by atoms with van der Waals surface area (Å²) in [5.74, 6) is 0.172. The minimum absolute atomic E-state index is 0. The van der Waals surface area contributed by atoms with Crippen LogP contribution in [0.2, 0.25) is 0 Å². The maximum absolute atomic E-state index is 10.2. The molecule has 0 aliphatic carbocycles. The van der Waals surface area contributed by atoms with E-state index in [2.05, 4.69) is 6.79 Å². The number of hydrogen-bond acceptors (Lipinski definition) is 3. The fraction of sp³-hybridized carbons (Fsp3) is 0.267. The van der Waals surface area contributed by atoms with Crippen LogP contribution in [0.4, 0.5) is 0 Å². The van der Waals surface area contributed by atoms with Crippen molar-refractivity contribution >= 4 is 18.4 Å². The van der Waals surface area contributed by atoms with Crippen molar-refractivity contribution in [3.63, 3.8) is 0 Å². The van der Waals surface area contributed by atoms with E-state index in [1.54, 1.807) is 12.2 Å². The first-order chi connectivity index (χ1) is 8.54. The summed E-state index contributed by atoms with van der Waals surface area (Å²) in [5.41, 5.74) is 0. The van der Waals surface area contributed by atoms with Gasteiger partial charge in [-0.2, -0.15) is 0 Å². The summed E-state index contributed by atoms with van der Waals surface area (Å²) >= 11 is 0. The zero-order valence-corrected chi connectivity index (χ0v) is 13.4. The van der Waals surface area contributed by atoms with E-state index in [0.717, 1.165) is 0 Å². The Bertz CT molecular complexity index is 294. The second-order valence-electron chi connectivity index (χ2n) is 2.99. The fourth-order valence-corrected chi connectivity index (χ4v) is 0.604. The van der Waals surface area contributed by atoms with Gasteiger partial charge in [0.05, 0.1) is 0 Å². The number of hydrogen-bond donors (Lipinski definition) is 0. The van der Waals surface area contributed by atoms with Gasteiger partial charge < -0.3 is 0 Å². The molecule has 0 aromatic rings. The van der Waals surface area contributed by atoms with E-state index in [1.807, 2.05) is 38.2 Å². The molecule has 0 heterocycles. The van der Waals surface area contributed by atoms with Crippen molar-refractivity contribution in [2.75, 3.05) is 0 Å². The van der Waals surface area contributed by atoms with Gasteiger partial charge in [0.25, 0.3) is 6.79 Å². The van der Waals surface area contributed by atoms with Gasteiger partial charge in [-0.05, 0) is 39.8 Å². The molecule has 0 spiro atoms. The Hall–Kier alpha value is -1.41. The minimum Gasteiger partial charge on any atom is -0.295 e. The summed E-state index contributed by atoms with van der Waals surface area (Å²) in [6.45, 7) is 11.4. The minimum atomic E-state index is 0. The third-order valence-corrected chi connectivity index (χ3v) is 1.27. The van der Waals surface area contributed by atoms with E-state index in [0.29, 0.717) is 0 Å². The van der Waals surface area contributed by atoms with Gasteiger partial charge in [-0.3, -0.25) is 14.4 Å². The molecule has 0 N–H and O–H groups in total. The third-order valence-electron chi connectivity index (χ3n) is 1.27. The van der Waals surface area contributed by atoms with Gasteiger partial charge in [-0.1, -0.05) is 36.5 Å². The van der Waals surface area contributed by atoms with Crippen LogP contribution in [0, 0.1) is 0 Å². The molecule has 0 saturated carbocycles. The summed E-state index contributed by atoms with van der Waals surface area (Å²) in [6.07, 6.45) is 13.9. The van der Waals surface area contributed by atoms with E-state index in [-0.39, 0.29) is 31.0 Å². The molecule has 19 heavy (non-hydrogen) atoms. The molecule has 0 aliphatic heterocycles. The van der Waals surface area contributed by atoms with E-state index >= 15 is 0 Å². The van der Waals surface area contributed by atoms with Crippen molar-refractivity contribution in [2.45, 2.75) is 27.7 Å². The second-order valence-corrected chi connectivity index (χ2v) is 2.99. The van der Waals surface area contributed by atoms with Crippen LogP contribution in [0.3, 0.4) is 0 Å². The van der Waals surface area contributed by atoms with Gasteiger partial charge in [0.15, 0.2) is 11.6 Å². The zero-order chi connectivity index (χ0) is 14.8. The van der Waals surface area contributed by atoms with Crippen LogP contribution in [0.5, 0.6) is 0 Å². The molecule has 0 atom stereocenters. The van der Waals surface area contributed by atoms with Crippen LogP contribution in [-0.4, -0.2) is 18.4 Å². The molecule has 4 heteroatoms. The third kappa shape index (κ3) is 47.9. The standard InChI is InChI=1S/2C7H10O.CO.Ru/c2*1-3-4-5-6-7(2)8;1-2;/h2*3-6H,1-2H3;;. The van der Waals surface area contributed by atoms with Crippen molar-refractivity contribution in [1.82, 2.24) is 0 Å². The number of ketones is 2. The molecule has 0 aromatic heterocycles. The average molecular weight is 349 g/mol. The largest absolute Gasteiger partial charge is 0.295 e. The van der Waals surface area contributed by atoms with Gasteiger partial charge in [-0.15, -0.1) is 0 Å². The molecular formula is C15H20O3Ru. The summed E-state index contributed by atoms with van der Waals surface area (Å²) < 4.78 is 0. The van der Waals surface area contributed by atoms with Gasteiger partial charge in [0.1, 0.15) is 0 Å². The van der Waals surface area contributed by atoms with Crippen LogP contribution in [0.25, 0.3) is 0 Å². The van der Waals surface area contributed by atoms with Gasteiger partial charge >= 0.3 is 0 Å². The molecule has 0 fully saturated rings. The predicted octanol–water partition coefficient (Wildman–Crippen LogP) is 3.02. The number of rotatable bonds is 4. The Morgan fingerprint density at radius 2 is 1.00 bits per heavy atom. The van der Waals surface area contributed by atoms with E-state index < -0.39 is 0 Å². The SMILES string of the molecule is CC=CC=CC(C)=O.CC=CC=CC(C)=O.[C]=O.[Ru]. The van der Waals surface area contributed by atoms with Crippen LogP contribution < -0.4 is 0 Å². The zero-order valence-electron chi connectivity index (χ0n) is 11.7. The molecule has 0 rings (SSSR count). The van der Waals surface area contributed by atoms with E-state index in [1.165, 1.54) is 26.0 Å². The van der Waals surface area contributed by atoms with E-state index in [4.69, 9.17) is 4.79 Å². The summed E-state index contributed by atoms with van der Waals surface area (Å²) in [7, 11) is 0. The molecule has 3 nitrogen and oxygen atoms in total. The second kappa shape index (κ2) is 25.4. The van der Waals surface area contributed by atoms with Crippen LogP contribution in [0.15, 0.2) is 48.6 Å². The Morgan fingerprint density at radius 1 is 0.737 bits per heavy atom. The number of carbonyl (C=O) groups excluding carboxylic acids is 3. The van der Waals surface area contributed by atoms with E-state index in [9.17, 15) is 9.59 Å². The van der Waals surface area contributed by atoms with Gasteiger partial charge in [0, 0.05) is 19.5 Å². The maximum atomic E-state index is 10.2. The predicted molar refractivity (Wildman–Crippen MR) is 75.0 cm³/mol. The molecular weight excluding hydrogens is 329 g/mol. The Morgan fingerprint density at radius 3 is 1.16 bits per heavy atom. The molecule has 0 amide bonds. The summed E-state index contributed by atoms with van der Waals surface area (Å²) in [5, 5.41) is 0. The Kier molecular flexibility index (Phi) is 35.1. The molecule has 0 saturated heterocycles. The van der Waals surface area contributed by atoms with Crippen LogP contribution in [0.1, 0.15) is 27.7 Å².